The zero-order valence-electron chi connectivity index (χ0n) is 13.7. The zero-order chi connectivity index (χ0) is 17.1. The minimum atomic E-state index is -0.703. The number of benzene rings is 1. The maximum atomic E-state index is 12.3. The number of amides is 1. The van der Waals surface area contributed by atoms with Crippen LogP contribution in [-0.4, -0.2) is 35.6 Å². The molecule has 1 aromatic heterocycles. The zero-order valence-corrected chi connectivity index (χ0v) is 13.7. The fourth-order valence-electron chi connectivity index (χ4n) is 3.31. The molecule has 6 heteroatoms. The van der Waals surface area contributed by atoms with E-state index in [9.17, 15) is 9.59 Å². The molecule has 1 aromatic carbocycles. The van der Waals surface area contributed by atoms with Crippen molar-refractivity contribution >= 4 is 22.8 Å². The highest BCUT2D eigenvalue weighted by molar-refractivity contribution is 5.98. The van der Waals surface area contributed by atoms with Crippen LogP contribution in [-0.2, 0) is 4.79 Å². The number of aromatic nitrogens is 1. The molecule has 2 aromatic rings. The predicted molar refractivity (Wildman–Crippen MR) is 90.3 cm³/mol. The number of carboxylic acids is 1. The third-order valence-electron chi connectivity index (χ3n) is 4.82. The minimum Gasteiger partial charge on any atom is -0.497 e. The molecule has 1 amide bonds. The smallest absolute Gasteiger partial charge is 0.306 e. The van der Waals surface area contributed by atoms with Crippen LogP contribution in [0.5, 0.6) is 5.75 Å². The van der Waals surface area contributed by atoms with Crippen LogP contribution in [0, 0.1) is 11.8 Å². The molecule has 128 valence electrons. The highest BCUT2D eigenvalue weighted by Crippen LogP contribution is 2.28. The van der Waals surface area contributed by atoms with E-state index in [1.165, 1.54) is 0 Å². The summed E-state index contributed by atoms with van der Waals surface area (Å²) in [6.07, 6.45) is 3.09. The first kappa shape index (κ1) is 16.4. The van der Waals surface area contributed by atoms with Gasteiger partial charge < -0.3 is 20.1 Å². The molecule has 3 N–H and O–H groups in total. The summed E-state index contributed by atoms with van der Waals surface area (Å²) in [4.78, 5) is 26.4. The third-order valence-corrected chi connectivity index (χ3v) is 4.82. The number of carboxylic acid groups (broad SMARTS) is 1. The highest BCUT2D eigenvalue weighted by atomic mass is 16.5. The Bertz CT molecular complexity index is 745. The van der Waals surface area contributed by atoms with E-state index in [0.717, 1.165) is 29.5 Å². The van der Waals surface area contributed by atoms with Crippen molar-refractivity contribution in [1.82, 2.24) is 10.3 Å². The van der Waals surface area contributed by atoms with E-state index in [1.54, 1.807) is 7.11 Å². The number of carbonyl (C=O) groups is 2. The lowest BCUT2D eigenvalue weighted by Gasteiger charge is -2.26. The number of hydrogen-bond donors (Lipinski definition) is 3. The van der Waals surface area contributed by atoms with Crippen molar-refractivity contribution < 1.29 is 19.4 Å². The van der Waals surface area contributed by atoms with E-state index in [-0.39, 0.29) is 11.8 Å². The van der Waals surface area contributed by atoms with E-state index >= 15 is 0 Å². The fraction of sp³-hybridized carbons (Fsp3) is 0.444. The van der Waals surface area contributed by atoms with Crippen LogP contribution < -0.4 is 10.1 Å². The number of H-pyrrole nitrogens is 1. The van der Waals surface area contributed by atoms with E-state index in [2.05, 4.69) is 10.3 Å². The Balaban J connectivity index is 1.56. The molecule has 24 heavy (non-hydrogen) atoms. The average molecular weight is 330 g/mol. The van der Waals surface area contributed by atoms with Gasteiger partial charge in [0.2, 0.25) is 0 Å². The summed E-state index contributed by atoms with van der Waals surface area (Å²) in [5.41, 5.74) is 1.42. The first-order valence-electron chi connectivity index (χ1n) is 8.24. The first-order valence-corrected chi connectivity index (χ1v) is 8.24. The molecule has 0 unspecified atom stereocenters. The number of hydrogen-bond acceptors (Lipinski definition) is 3. The quantitative estimate of drug-likeness (QED) is 0.786. The van der Waals surface area contributed by atoms with Gasteiger partial charge in [-0.05, 0) is 55.9 Å². The Labute approximate surface area is 140 Å². The predicted octanol–water partition coefficient (Wildman–Crippen LogP) is 2.80. The largest absolute Gasteiger partial charge is 0.497 e. The number of methoxy groups -OCH3 is 1. The van der Waals surface area contributed by atoms with Crippen LogP contribution in [0.1, 0.15) is 36.2 Å². The van der Waals surface area contributed by atoms with Crippen molar-refractivity contribution in [1.29, 1.82) is 0 Å². The Hall–Kier alpha value is -2.50. The molecule has 1 aliphatic rings. The molecule has 0 atom stereocenters. The van der Waals surface area contributed by atoms with Gasteiger partial charge in [0.25, 0.3) is 5.91 Å². The lowest BCUT2D eigenvalue weighted by atomic mass is 9.82. The number of nitrogens with one attached hydrogen (secondary N) is 2. The summed E-state index contributed by atoms with van der Waals surface area (Å²) in [5.74, 6) is 0.0508. The second-order valence-corrected chi connectivity index (χ2v) is 6.40. The topological polar surface area (TPSA) is 91.4 Å². The molecular weight excluding hydrogens is 308 g/mol. The van der Waals surface area contributed by atoms with Crippen LogP contribution in [0.25, 0.3) is 10.9 Å². The Morgan fingerprint density at radius 1 is 1.25 bits per heavy atom. The van der Waals surface area contributed by atoms with Gasteiger partial charge in [-0.2, -0.15) is 0 Å². The number of fused-ring (bicyclic) bond motifs is 1. The molecule has 3 rings (SSSR count). The number of ether oxygens (including phenoxy) is 1. The van der Waals surface area contributed by atoms with Crippen LogP contribution in [0.4, 0.5) is 0 Å². The van der Waals surface area contributed by atoms with Crippen molar-refractivity contribution in [3.8, 4) is 5.75 Å². The van der Waals surface area contributed by atoms with Gasteiger partial charge in [-0.1, -0.05) is 0 Å². The SMILES string of the molecule is COc1ccc2[nH]c(C(=O)NCC3CCC(C(=O)O)CC3)cc2c1. The molecule has 1 saturated carbocycles. The van der Waals surface area contributed by atoms with Crippen LogP contribution >= 0.6 is 0 Å². The molecule has 1 heterocycles. The van der Waals surface area contributed by atoms with Gasteiger partial charge in [0, 0.05) is 17.4 Å². The maximum absolute atomic E-state index is 12.3. The van der Waals surface area contributed by atoms with Crippen molar-refractivity contribution in [2.24, 2.45) is 11.8 Å². The fourth-order valence-corrected chi connectivity index (χ4v) is 3.31. The van der Waals surface area contributed by atoms with Gasteiger partial charge in [0.05, 0.1) is 13.0 Å². The summed E-state index contributed by atoms with van der Waals surface area (Å²) in [6, 6.07) is 7.43. The monoisotopic (exact) mass is 330 g/mol. The summed E-state index contributed by atoms with van der Waals surface area (Å²) < 4.78 is 5.19. The molecule has 0 spiro atoms. The number of aromatic amines is 1. The first-order chi connectivity index (χ1) is 11.6. The molecule has 1 fully saturated rings. The van der Waals surface area contributed by atoms with Gasteiger partial charge in [0.15, 0.2) is 0 Å². The van der Waals surface area contributed by atoms with Crippen molar-refractivity contribution in [3.05, 3.63) is 30.0 Å². The van der Waals surface area contributed by atoms with Gasteiger partial charge in [-0.25, -0.2) is 0 Å². The molecule has 1 aliphatic carbocycles. The summed E-state index contributed by atoms with van der Waals surface area (Å²) >= 11 is 0. The average Bonchev–Trinajstić information content (AvgIpc) is 3.03. The van der Waals surface area contributed by atoms with Crippen molar-refractivity contribution in [2.45, 2.75) is 25.7 Å². The van der Waals surface area contributed by atoms with Gasteiger partial charge in [-0.15, -0.1) is 0 Å². The Morgan fingerprint density at radius 3 is 2.67 bits per heavy atom. The third kappa shape index (κ3) is 3.53. The number of carbonyl (C=O) groups excluding carboxylic acids is 1. The normalized spacial score (nSPS) is 20.7. The highest BCUT2D eigenvalue weighted by Gasteiger charge is 2.26. The number of aliphatic carboxylic acids is 1. The minimum absolute atomic E-state index is 0.134. The molecule has 0 saturated heterocycles. The second kappa shape index (κ2) is 6.95. The Morgan fingerprint density at radius 2 is 2.00 bits per heavy atom. The van der Waals surface area contributed by atoms with E-state index in [1.807, 2.05) is 24.3 Å². The number of rotatable bonds is 5. The molecule has 0 aliphatic heterocycles. The van der Waals surface area contributed by atoms with Gasteiger partial charge in [-0.3, -0.25) is 9.59 Å². The molecule has 0 radical (unpaired) electrons. The molecule has 6 nitrogen and oxygen atoms in total. The maximum Gasteiger partial charge on any atom is 0.306 e. The standard InChI is InChI=1S/C18H22N2O4/c1-24-14-6-7-15-13(8-14)9-16(20-15)17(21)19-10-11-2-4-12(5-3-11)18(22)23/h6-9,11-12,20H,2-5,10H2,1H3,(H,19,21)(H,22,23). The second-order valence-electron chi connectivity index (χ2n) is 6.40. The summed E-state index contributed by atoms with van der Waals surface area (Å²) in [6.45, 7) is 0.587. The van der Waals surface area contributed by atoms with Crippen molar-refractivity contribution in [2.75, 3.05) is 13.7 Å². The van der Waals surface area contributed by atoms with E-state index < -0.39 is 5.97 Å². The molecule has 0 bridgehead atoms. The van der Waals surface area contributed by atoms with E-state index in [4.69, 9.17) is 9.84 Å². The summed E-state index contributed by atoms with van der Waals surface area (Å²) in [5, 5.41) is 12.9. The van der Waals surface area contributed by atoms with Gasteiger partial charge in [0.1, 0.15) is 11.4 Å². The summed E-state index contributed by atoms with van der Waals surface area (Å²) in [7, 11) is 1.61. The van der Waals surface area contributed by atoms with Crippen LogP contribution in [0.15, 0.2) is 24.3 Å². The van der Waals surface area contributed by atoms with E-state index in [0.29, 0.717) is 31.0 Å². The van der Waals surface area contributed by atoms with Crippen molar-refractivity contribution in [3.63, 3.8) is 0 Å². The Kier molecular flexibility index (Phi) is 4.74. The van der Waals surface area contributed by atoms with Gasteiger partial charge >= 0.3 is 5.97 Å². The van der Waals surface area contributed by atoms with Crippen LogP contribution in [0.3, 0.4) is 0 Å². The lowest BCUT2D eigenvalue weighted by Crippen LogP contribution is -2.32. The molecular formula is C18H22N2O4. The van der Waals surface area contributed by atoms with Crippen LogP contribution in [0.2, 0.25) is 0 Å². The lowest BCUT2D eigenvalue weighted by molar-refractivity contribution is -0.143.